The van der Waals surface area contributed by atoms with Crippen LogP contribution >= 0.6 is 0 Å². The molecule has 1 aliphatic heterocycles. The predicted molar refractivity (Wildman–Crippen MR) is 66.5 cm³/mol. The molecule has 1 unspecified atom stereocenters. The smallest absolute Gasteiger partial charge is 0.339 e. The van der Waals surface area contributed by atoms with E-state index in [1.54, 1.807) is 0 Å². The Labute approximate surface area is 109 Å². The maximum absolute atomic E-state index is 13.0. The Kier molecular flexibility index (Phi) is 3.70. The molecule has 0 spiro atoms. The van der Waals surface area contributed by atoms with E-state index in [0.717, 1.165) is 12.3 Å². The molecular formula is C11H13FN2O4S. The van der Waals surface area contributed by atoms with Gasteiger partial charge < -0.3 is 10.4 Å². The molecule has 0 aliphatic carbocycles. The first-order valence-corrected chi connectivity index (χ1v) is 7.55. The monoisotopic (exact) mass is 288 g/mol. The van der Waals surface area contributed by atoms with Crippen LogP contribution in [0.5, 0.6) is 0 Å². The second-order valence-corrected chi connectivity index (χ2v) is 6.68. The van der Waals surface area contributed by atoms with E-state index in [2.05, 4.69) is 10.3 Å². The van der Waals surface area contributed by atoms with E-state index < -0.39 is 27.7 Å². The number of nitrogens with one attached hydrogen (secondary N) is 1. The summed E-state index contributed by atoms with van der Waals surface area (Å²) in [5, 5.41) is 11.7. The molecule has 0 bridgehead atoms. The molecule has 1 fully saturated rings. The number of nitrogens with zero attached hydrogens (tertiary/aromatic N) is 1. The molecule has 1 saturated heterocycles. The van der Waals surface area contributed by atoms with Crippen LogP contribution in [0.3, 0.4) is 0 Å². The second kappa shape index (κ2) is 5.12. The van der Waals surface area contributed by atoms with Crippen molar-refractivity contribution in [3.63, 3.8) is 0 Å². The van der Waals surface area contributed by atoms with Crippen LogP contribution in [-0.2, 0) is 9.84 Å². The fourth-order valence-electron chi connectivity index (χ4n) is 2.05. The van der Waals surface area contributed by atoms with Crippen molar-refractivity contribution >= 4 is 21.6 Å². The van der Waals surface area contributed by atoms with Crippen LogP contribution < -0.4 is 5.32 Å². The zero-order valence-corrected chi connectivity index (χ0v) is 10.8. The highest BCUT2D eigenvalue weighted by Gasteiger charge is 2.26. The minimum Gasteiger partial charge on any atom is -0.478 e. The van der Waals surface area contributed by atoms with Crippen LogP contribution in [0.25, 0.3) is 0 Å². The number of aromatic nitrogens is 1. The van der Waals surface area contributed by atoms with E-state index in [1.165, 1.54) is 0 Å². The van der Waals surface area contributed by atoms with Gasteiger partial charge in [0, 0.05) is 6.04 Å². The van der Waals surface area contributed by atoms with E-state index >= 15 is 0 Å². The Balaban J connectivity index is 2.21. The van der Waals surface area contributed by atoms with Crippen LogP contribution in [0.1, 0.15) is 23.2 Å². The molecule has 0 amide bonds. The van der Waals surface area contributed by atoms with Crippen molar-refractivity contribution in [3.05, 3.63) is 23.6 Å². The van der Waals surface area contributed by atoms with E-state index in [9.17, 15) is 17.6 Å². The van der Waals surface area contributed by atoms with Gasteiger partial charge in [-0.15, -0.1) is 0 Å². The van der Waals surface area contributed by atoms with Gasteiger partial charge in [0.25, 0.3) is 0 Å². The molecule has 1 aliphatic rings. The van der Waals surface area contributed by atoms with E-state index in [1.807, 2.05) is 0 Å². The van der Waals surface area contributed by atoms with Gasteiger partial charge in [0.2, 0.25) is 0 Å². The fraction of sp³-hybridized carbons (Fsp3) is 0.455. The highest BCUT2D eigenvalue weighted by atomic mass is 32.2. The number of carboxylic acids is 1. The number of carboxylic acid groups (broad SMARTS) is 1. The zero-order valence-electron chi connectivity index (χ0n) is 9.97. The van der Waals surface area contributed by atoms with Crippen molar-refractivity contribution in [2.45, 2.75) is 18.9 Å². The van der Waals surface area contributed by atoms with Gasteiger partial charge in [0.05, 0.1) is 17.7 Å². The first-order valence-electron chi connectivity index (χ1n) is 5.73. The van der Waals surface area contributed by atoms with E-state index in [0.29, 0.717) is 12.8 Å². The lowest BCUT2D eigenvalue weighted by molar-refractivity contribution is 0.0697. The van der Waals surface area contributed by atoms with Crippen molar-refractivity contribution < 1.29 is 22.7 Å². The van der Waals surface area contributed by atoms with Crippen molar-refractivity contribution in [1.29, 1.82) is 0 Å². The summed E-state index contributed by atoms with van der Waals surface area (Å²) in [7, 11) is -3.11. The summed E-state index contributed by atoms with van der Waals surface area (Å²) >= 11 is 0. The van der Waals surface area contributed by atoms with Crippen molar-refractivity contribution in [2.75, 3.05) is 16.8 Å². The summed E-state index contributed by atoms with van der Waals surface area (Å²) in [6.07, 6.45) is 2.02. The molecular weight excluding hydrogens is 275 g/mol. The second-order valence-electron chi connectivity index (χ2n) is 4.45. The van der Waals surface area contributed by atoms with Crippen molar-refractivity contribution in [1.82, 2.24) is 4.98 Å². The van der Waals surface area contributed by atoms with Gasteiger partial charge in [-0.3, -0.25) is 0 Å². The average Bonchev–Trinajstić information content (AvgIpc) is 2.30. The first kappa shape index (κ1) is 13.7. The van der Waals surface area contributed by atoms with Crippen molar-refractivity contribution in [3.8, 4) is 0 Å². The van der Waals surface area contributed by atoms with Gasteiger partial charge in [-0.1, -0.05) is 0 Å². The Morgan fingerprint density at radius 3 is 2.89 bits per heavy atom. The summed E-state index contributed by atoms with van der Waals surface area (Å²) in [5.41, 5.74) is -0.303. The van der Waals surface area contributed by atoms with E-state index in [4.69, 9.17) is 5.11 Å². The molecule has 2 heterocycles. The molecule has 104 valence electrons. The van der Waals surface area contributed by atoms with Gasteiger partial charge >= 0.3 is 5.97 Å². The summed E-state index contributed by atoms with van der Waals surface area (Å²) in [5.74, 6) is -1.98. The lowest BCUT2D eigenvalue weighted by atomic mass is 10.1. The molecule has 1 aromatic heterocycles. The maximum Gasteiger partial charge on any atom is 0.339 e. The number of carbonyl (C=O) groups is 1. The normalized spacial score (nSPS) is 21.8. The zero-order chi connectivity index (χ0) is 14.0. The fourth-order valence-corrected chi connectivity index (χ4v) is 3.68. The average molecular weight is 288 g/mol. The number of hydrogen-bond donors (Lipinski definition) is 2. The van der Waals surface area contributed by atoms with Gasteiger partial charge in [0.1, 0.15) is 17.2 Å². The third-order valence-electron chi connectivity index (χ3n) is 2.89. The Hall–Kier alpha value is -1.70. The third kappa shape index (κ3) is 3.40. The number of aromatic carboxylic acids is 1. The summed E-state index contributed by atoms with van der Waals surface area (Å²) in [6, 6.07) is 0.462. The molecule has 19 heavy (non-hydrogen) atoms. The highest BCUT2D eigenvalue weighted by Crippen LogP contribution is 2.19. The minimum atomic E-state index is -3.11. The summed E-state index contributed by atoms with van der Waals surface area (Å²) < 4.78 is 35.9. The van der Waals surface area contributed by atoms with Crippen LogP contribution in [0, 0.1) is 5.82 Å². The maximum atomic E-state index is 13.0. The summed E-state index contributed by atoms with van der Waals surface area (Å²) in [4.78, 5) is 14.7. The number of pyridine rings is 1. The number of rotatable bonds is 3. The highest BCUT2D eigenvalue weighted by molar-refractivity contribution is 7.91. The summed E-state index contributed by atoms with van der Waals surface area (Å²) in [6.45, 7) is 0. The predicted octanol–water partition coefficient (Wildman–Crippen LogP) is 0.908. The van der Waals surface area contributed by atoms with Crippen LogP contribution in [0.2, 0.25) is 0 Å². The van der Waals surface area contributed by atoms with E-state index in [-0.39, 0.29) is 22.9 Å². The van der Waals surface area contributed by atoms with Gasteiger partial charge in [-0.25, -0.2) is 22.6 Å². The van der Waals surface area contributed by atoms with Crippen molar-refractivity contribution in [2.24, 2.45) is 0 Å². The Bertz CT molecular complexity index is 603. The number of sulfone groups is 1. The molecule has 0 radical (unpaired) electrons. The third-order valence-corrected chi connectivity index (χ3v) is 4.71. The largest absolute Gasteiger partial charge is 0.478 e. The molecule has 2 N–H and O–H groups in total. The van der Waals surface area contributed by atoms with Gasteiger partial charge in [0.15, 0.2) is 9.84 Å². The van der Waals surface area contributed by atoms with Gasteiger partial charge in [-0.2, -0.15) is 0 Å². The Morgan fingerprint density at radius 1 is 1.53 bits per heavy atom. The molecule has 8 heteroatoms. The minimum absolute atomic E-state index is 0.00370. The lowest BCUT2D eigenvalue weighted by Gasteiger charge is -2.24. The molecule has 2 rings (SSSR count). The molecule has 0 saturated carbocycles. The topological polar surface area (TPSA) is 96.4 Å². The van der Waals surface area contributed by atoms with Crippen LogP contribution in [0.15, 0.2) is 12.3 Å². The van der Waals surface area contributed by atoms with Gasteiger partial charge in [-0.05, 0) is 18.9 Å². The number of halogens is 1. The molecule has 0 aromatic carbocycles. The standard InChI is InChI=1S/C11H13FN2O4S/c12-7-4-9(11(15)16)10(13-5-7)14-8-2-1-3-19(17,18)6-8/h4-5,8H,1-3,6H2,(H,13,14)(H,15,16). The SMILES string of the molecule is O=C(O)c1cc(F)cnc1NC1CCCS(=O)(=O)C1. The molecule has 6 nitrogen and oxygen atoms in total. The van der Waals surface area contributed by atoms with Crippen LogP contribution in [0.4, 0.5) is 10.2 Å². The quantitative estimate of drug-likeness (QED) is 0.858. The lowest BCUT2D eigenvalue weighted by Crippen LogP contribution is -2.35. The number of hydrogen-bond acceptors (Lipinski definition) is 5. The Morgan fingerprint density at radius 2 is 2.26 bits per heavy atom. The van der Waals surface area contributed by atoms with Crippen LogP contribution in [-0.4, -0.2) is 42.0 Å². The molecule has 1 aromatic rings. The first-order chi connectivity index (χ1) is 8.87. The molecule has 1 atom stereocenters. The number of anilines is 1.